The van der Waals surface area contributed by atoms with E-state index in [1.807, 2.05) is 0 Å². The van der Waals surface area contributed by atoms with Crippen LogP contribution in [-0.2, 0) is 0 Å². The fourth-order valence-electron chi connectivity index (χ4n) is 2.00. The van der Waals surface area contributed by atoms with Gasteiger partial charge in [-0.1, -0.05) is 12.1 Å². The van der Waals surface area contributed by atoms with Crippen LogP contribution >= 0.6 is 0 Å². The summed E-state index contributed by atoms with van der Waals surface area (Å²) in [5.74, 6) is -0.952. The SMILES string of the molecule is NC(=O)c1ccccc1NC(=O)c1ccc2ocnc2c1. The second-order valence-corrected chi connectivity index (χ2v) is 4.40. The topological polar surface area (TPSA) is 98.2 Å². The molecule has 6 nitrogen and oxygen atoms in total. The number of carbonyl (C=O) groups is 2. The zero-order valence-corrected chi connectivity index (χ0v) is 10.9. The van der Waals surface area contributed by atoms with Gasteiger partial charge in [-0.05, 0) is 30.3 Å². The van der Waals surface area contributed by atoms with Gasteiger partial charge in [0.05, 0.1) is 11.3 Å². The summed E-state index contributed by atoms with van der Waals surface area (Å²) in [5.41, 5.74) is 7.51. The van der Waals surface area contributed by atoms with Gasteiger partial charge >= 0.3 is 0 Å². The first-order chi connectivity index (χ1) is 10.1. The van der Waals surface area contributed by atoms with Crippen molar-refractivity contribution in [1.82, 2.24) is 4.98 Å². The molecule has 1 heterocycles. The van der Waals surface area contributed by atoms with Crippen molar-refractivity contribution in [3.05, 3.63) is 60.0 Å². The van der Waals surface area contributed by atoms with Gasteiger partial charge in [-0.25, -0.2) is 4.98 Å². The Kier molecular flexibility index (Phi) is 3.12. The van der Waals surface area contributed by atoms with E-state index >= 15 is 0 Å². The Labute approximate surface area is 119 Å². The van der Waals surface area contributed by atoms with E-state index in [2.05, 4.69) is 10.3 Å². The Morgan fingerprint density at radius 2 is 1.95 bits per heavy atom. The predicted molar refractivity (Wildman–Crippen MR) is 76.9 cm³/mol. The van der Waals surface area contributed by atoms with Crippen molar-refractivity contribution in [3.63, 3.8) is 0 Å². The number of hydrogen-bond acceptors (Lipinski definition) is 4. The smallest absolute Gasteiger partial charge is 0.255 e. The van der Waals surface area contributed by atoms with Crippen molar-refractivity contribution in [2.24, 2.45) is 5.73 Å². The van der Waals surface area contributed by atoms with Crippen LogP contribution in [0.15, 0.2) is 53.3 Å². The maximum atomic E-state index is 12.2. The Balaban J connectivity index is 1.91. The summed E-state index contributed by atoms with van der Waals surface area (Å²) >= 11 is 0. The van der Waals surface area contributed by atoms with E-state index in [4.69, 9.17) is 10.2 Å². The Hall–Kier alpha value is -3.15. The molecule has 104 valence electrons. The molecule has 0 saturated carbocycles. The summed E-state index contributed by atoms with van der Waals surface area (Å²) in [6.07, 6.45) is 1.31. The van der Waals surface area contributed by atoms with Crippen LogP contribution in [0.3, 0.4) is 0 Å². The average molecular weight is 281 g/mol. The first kappa shape index (κ1) is 12.9. The van der Waals surface area contributed by atoms with Crippen molar-refractivity contribution in [1.29, 1.82) is 0 Å². The molecule has 1 aromatic heterocycles. The van der Waals surface area contributed by atoms with E-state index in [0.29, 0.717) is 22.4 Å². The first-order valence-corrected chi connectivity index (χ1v) is 6.18. The highest BCUT2D eigenvalue weighted by atomic mass is 16.3. The van der Waals surface area contributed by atoms with E-state index in [-0.39, 0.29) is 11.5 Å². The van der Waals surface area contributed by atoms with Gasteiger partial charge in [0.2, 0.25) is 0 Å². The number of nitrogens with one attached hydrogen (secondary N) is 1. The zero-order valence-electron chi connectivity index (χ0n) is 10.9. The Morgan fingerprint density at radius 3 is 2.76 bits per heavy atom. The number of aromatic nitrogens is 1. The van der Waals surface area contributed by atoms with E-state index in [0.717, 1.165) is 0 Å². The highest BCUT2D eigenvalue weighted by molar-refractivity contribution is 6.09. The van der Waals surface area contributed by atoms with Crippen molar-refractivity contribution in [2.75, 3.05) is 5.32 Å². The number of carbonyl (C=O) groups excluding carboxylic acids is 2. The summed E-state index contributed by atoms with van der Waals surface area (Å²) in [5, 5.41) is 2.67. The summed E-state index contributed by atoms with van der Waals surface area (Å²) in [7, 11) is 0. The van der Waals surface area contributed by atoms with Gasteiger partial charge in [0.15, 0.2) is 12.0 Å². The van der Waals surface area contributed by atoms with Crippen LogP contribution in [-0.4, -0.2) is 16.8 Å². The van der Waals surface area contributed by atoms with Crippen molar-refractivity contribution in [2.45, 2.75) is 0 Å². The normalized spacial score (nSPS) is 10.5. The van der Waals surface area contributed by atoms with Crippen LogP contribution in [0.4, 0.5) is 5.69 Å². The fourth-order valence-corrected chi connectivity index (χ4v) is 2.00. The molecule has 0 bridgehead atoms. The van der Waals surface area contributed by atoms with Gasteiger partial charge in [0, 0.05) is 5.56 Å². The van der Waals surface area contributed by atoms with Crippen LogP contribution in [0.2, 0.25) is 0 Å². The largest absolute Gasteiger partial charge is 0.443 e. The number of para-hydroxylation sites is 1. The number of nitrogens with zero attached hydrogens (tertiary/aromatic N) is 1. The molecule has 0 unspecified atom stereocenters. The molecular weight excluding hydrogens is 270 g/mol. The van der Waals surface area contributed by atoms with E-state index in [9.17, 15) is 9.59 Å². The van der Waals surface area contributed by atoms with Crippen molar-refractivity contribution >= 4 is 28.6 Å². The van der Waals surface area contributed by atoms with Crippen molar-refractivity contribution in [3.8, 4) is 0 Å². The molecule has 0 fully saturated rings. The molecule has 21 heavy (non-hydrogen) atoms. The summed E-state index contributed by atoms with van der Waals surface area (Å²) in [4.78, 5) is 27.6. The minimum atomic E-state index is -0.599. The number of fused-ring (bicyclic) bond motifs is 1. The molecule has 0 aliphatic rings. The number of hydrogen-bond donors (Lipinski definition) is 2. The monoisotopic (exact) mass is 281 g/mol. The number of amides is 2. The fraction of sp³-hybridized carbons (Fsp3) is 0. The average Bonchev–Trinajstić information content (AvgIpc) is 2.94. The van der Waals surface area contributed by atoms with Gasteiger partial charge in [-0.2, -0.15) is 0 Å². The first-order valence-electron chi connectivity index (χ1n) is 6.18. The predicted octanol–water partition coefficient (Wildman–Crippen LogP) is 2.18. The van der Waals surface area contributed by atoms with Gasteiger partial charge in [-0.3, -0.25) is 9.59 Å². The molecule has 0 radical (unpaired) electrons. The van der Waals surface area contributed by atoms with Crippen LogP contribution in [0, 0.1) is 0 Å². The molecule has 2 aromatic carbocycles. The van der Waals surface area contributed by atoms with Gasteiger partial charge in [-0.15, -0.1) is 0 Å². The number of rotatable bonds is 3. The molecule has 3 rings (SSSR count). The molecule has 0 aliphatic heterocycles. The number of nitrogens with two attached hydrogens (primary N) is 1. The minimum Gasteiger partial charge on any atom is -0.443 e. The van der Waals surface area contributed by atoms with Crippen LogP contribution in [0.25, 0.3) is 11.1 Å². The highest BCUT2D eigenvalue weighted by Crippen LogP contribution is 2.18. The lowest BCUT2D eigenvalue weighted by atomic mass is 10.1. The quantitative estimate of drug-likeness (QED) is 0.768. The molecule has 2 amide bonds. The maximum absolute atomic E-state index is 12.2. The second-order valence-electron chi connectivity index (χ2n) is 4.40. The summed E-state index contributed by atoms with van der Waals surface area (Å²) in [6, 6.07) is 11.5. The third-order valence-corrected chi connectivity index (χ3v) is 3.03. The lowest BCUT2D eigenvalue weighted by Gasteiger charge is -2.08. The Bertz CT molecular complexity index is 839. The molecule has 3 aromatic rings. The molecule has 0 saturated heterocycles. The van der Waals surface area contributed by atoms with E-state index in [1.54, 1.807) is 42.5 Å². The number of primary amides is 1. The van der Waals surface area contributed by atoms with E-state index in [1.165, 1.54) is 6.39 Å². The standard InChI is InChI=1S/C15H11N3O3/c16-14(19)10-3-1-2-4-11(10)18-15(20)9-5-6-13-12(7-9)17-8-21-13/h1-8H,(H2,16,19)(H,18,20). The third kappa shape index (κ3) is 2.46. The summed E-state index contributed by atoms with van der Waals surface area (Å²) in [6.45, 7) is 0. The third-order valence-electron chi connectivity index (χ3n) is 3.03. The lowest BCUT2D eigenvalue weighted by molar-refractivity contribution is 0.100. The number of anilines is 1. The second kappa shape index (κ2) is 5.09. The van der Waals surface area contributed by atoms with Crippen molar-refractivity contribution < 1.29 is 14.0 Å². The van der Waals surface area contributed by atoms with Gasteiger partial charge in [0.25, 0.3) is 11.8 Å². The van der Waals surface area contributed by atoms with Crippen LogP contribution < -0.4 is 11.1 Å². The van der Waals surface area contributed by atoms with Crippen LogP contribution in [0.5, 0.6) is 0 Å². The lowest BCUT2D eigenvalue weighted by Crippen LogP contribution is -2.18. The zero-order chi connectivity index (χ0) is 14.8. The molecule has 0 spiro atoms. The molecule has 0 atom stereocenters. The van der Waals surface area contributed by atoms with E-state index < -0.39 is 5.91 Å². The number of benzene rings is 2. The van der Waals surface area contributed by atoms with Gasteiger partial charge in [0.1, 0.15) is 5.52 Å². The maximum Gasteiger partial charge on any atom is 0.255 e. The molecular formula is C15H11N3O3. The minimum absolute atomic E-state index is 0.258. The molecule has 6 heteroatoms. The molecule has 0 aliphatic carbocycles. The van der Waals surface area contributed by atoms with Crippen LogP contribution in [0.1, 0.15) is 20.7 Å². The Morgan fingerprint density at radius 1 is 1.14 bits per heavy atom. The molecule has 3 N–H and O–H groups in total. The number of oxazole rings is 1. The summed E-state index contributed by atoms with van der Waals surface area (Å²) < 4.78 is 5.12. The highest BCUT2D eigenvalue weighted by Gasteiger charge is 2.12. The van der Waals surface area contributed by atoms with Gasteiger partial charge < -0.3 is 15.5 Å².